The highest BCUT2D eigenvalue weighted by Crippen LogP contribution is 2.38. The molecule has 1 atom stereocenters. The Kier molecular flexibility index (Phi) is 6.90. The summed E-state index contributed by atoms with van der Waals surface area (Å²) in [6.07, 6.45) is 6.54. The van der Waals surface area contributed by atoms with Gasteiger partial charge in [0.15, 0.2) is 5.16 Å². The monoisotopic (exact) mass is 472 g/mol. The van der Waals surface area contributed by atoms with Crippen molar-refractivity contribution in [2.24, 2.45) is 0 Å². The Balaban J connectivity index is 1.56. The largest absolute Gasteiger partial charge is 0.462 e. The Morgan fingerprint density at radius 2 is 2.06 bits per heavy atom. The molecule has 0 saturated heterocycles. The third-order valence-electron chi connectivity index (χ3n) is 5.23. The van der Waals surface area contributed by atoms with Crippen molar-refractivity contribution in [3.63, 3.8) is 0 Å². The van der Waals surface area contributed by atoms with Gasteiger partial charge in [-0.05, 0) is 57.2 Å². The third kappa shape index (κ3) is 4.71. The molecule has 32 heavy (non-hydrogen) atoms. The highest BCUT2D eigenvalue weighted by Gasteiger charge is 2.28. The highest BCUT2D eigenvalue weighted by molar-refractivity contribution is 8.00. The molecular formula is C22H24N4O4S2. The van der Waals surface area contributed by atoms with Crippen molar-refractivity contribution in [3.05, 3.63) is 50.9 Å². The van der Waals surface area contributed by atoms with Crippen LogP contribution in [-0.2, 0) is 22.4 Å². The van der Waals surface area contributed by atoms with Gasteiger partial charge in [-0.15, -0.1) is 11.3 Å². The molecule has 0 radical (unpaired) electrons. The summed E-state index contributed by atoms with van der Waals surface area (Å²) in [5.41, 5.74) is 1.51. The average Bonchev–Trinajstić information content (AvgIpc) is 2.94. The number of nitrogens with one attached hydrogen (secondary N) is 1. The summed E-state index contributed by atoms with van der Waals surface area (Å²) < 4.78 is 6.63. The summed E-state index contributed by atoms with van der Waals surface area (Å²) in [6.45, 7) is 3.77. The molecule has 1 N–H and O–H groups in total. The fourth-order valence-electron chi connectivity index (χ4n) is 3.67. The molecule has 4 rings (SSSR count). The van der Waals surface area contributed by atoms with E-state index in [0.29, 0.717) is 16.2 Å². The van der Waals surface area contributed by atoms with Crippen molar-refractivity contribution in [1.82, 2.24) is 14.4 Å². The maximum atomic E-state index is 13.0. The highest BCUT2D eigenvalue weighted by atomic mass is 32.2. The number of aromatic nitrogens is 3. The van der Waals surface area contributed by atoms with Gasteiger partial charge < -0.3 is 10.1 Å². The van der Waals surface area contributed by atoms with Gasteiger partial charge in [0.05, 0.1) is 17.4 Å². The smallest absolute Gasteiger partial charge is 0.355 e. The van der Waals surface area contributed by atoms with Crippen LogP contribution in [0.4, 0.5) is 5.00 Å². The molecule has 3 aromatic rings. The van der Waals surface area contributed by atoms with Crippen molar-refractivity contribution in [3.8, 4) is 0 Å². The number of anilines is 1. The van der Waals surface area contributed by atoms with Crippen LogP contribution in [0.1, 0.15) is 53.9 Å². The zero-order valence-electron chi connectivity index (χ0n) is 17.9. The Morgan fingerprint density at radius 1 is 1.25 bits per heavy atom. The van der Waals surface area contributed by atoms with Crippen molar-refractivity contribution in [2.75, 3.05) is 11.9 Å². The quantitative estimate of drug-likeness (QED) is 0.331. The number of pyridine rings is 1. The lowest BCUT2D eigenvalue weighted by Crippen LogP contribution is -2.25. The predicted molar refractivity (Wildman–Crippen MR) is 125 cm³/mol. The molecule has 1 amide bonds. The van der Waals surface area contributed by atoms with Gasteiger partial charge in [0.1, 0.15) is 10.6 Å². The number of carbonyl (C=O) groups excluding carboxylic acids is 2. The maximum absolute atomic E-state index is 13.0. The van der Waals surface area contributed by atoms with Crippen molar-refractivity contribution < 1.29 is 14.3 Å². The molecule has 0 bridgehead atoms. The lowest BCUT2D eigenvalue weighted by atomic mass is 10.1. The second kappa shape index (κ2) is 9.83. The minimum atomic E-state index is -0.572. The van der Waals surface area contributed by atoms with Crippen LogP contribution in [0.25, 0.3) is 5.65 Å². The number of amides is 1. The molecule has 0 spiro atoms. The normalized spacial score (nSPS) is 14.4. The lowest BCUT2D eigenvalue weighted by Gasteiger charge is -2.12. The molecule has 3 heterocycles. The molecule has 1 aliphatic carbocycles. The minimum Gasteiger partial charge on any atom is -0.462 e. The van der Waals surface area contributed by atoms with E-state index in [0.717, 1.165) is 54.3 Å². The Bertz CT molecular complexity index is 1220. The number of rotatable bonds is 6. The van der Waals surface area contributed by atoms with E-state index in [4.69, 9.17) is 4.74 Å². The number of carbonyl (C=O) groups is 2. The first-order valence-corrected chi connectivity index (χ1v) is 12.3. The SMILES string of the molecule is CCOC(=O)c1c(NC(=O)C(C)Sc2nc(=O)n3ccccc3n2)sc2c1CCCCC2. The van der Waals surface area contributed by atoms with E-state index in [1.54, 1.807) is 38.2 Å². The topological polar surface area (TPSA) is 103 Å². The summed E-state index contributed by atoms with van der Waals surface area (Å²) in [5, 5.41) is 3.11. The Hall–Kier alpha value is -2.72. The first kappa shape index (κ1) is 22.5. The van der Waals surface area contributed by atoms with E-state index >= 15 is 0 Å². The standard InChI is InChI=1S/C22H24N4O4S2/c1-3-30-20(28)17-14-9-5-4-6-10-15(14)32-19(17)24-18(27)13(2)31-21-23-16-11-7-8-12-26(16)22(29)25-21/h7-8,11-13H,3-6,9-10H2,1-2H3,(H,24,27). The summed E-state index contributed by atoms with van der Waals surface area (Å²) >= 11 is 2.56. The number of aryl methyl sites for hydroxylation is 1. The van der Waals surface area contributed by atoms with Gasteiger partial charge in [-0.1, -0.05) is 24.2 Å². The molecular weight excluding hydrogens is 448 g/mol. The molecule has 10 heteroatoms. The molecule has 3 aromatic heterocycles. The molecule has 0 saturated carbocycles. The van der Waals surface area contributed by atoms with Gasteiger partial charge in [-0.25, -0.2) is 14.6 Å². The van der Waals surface area contributed by atoms with Gasteiger partial charge >= 0.3 is 11.7 Å². The Morgan fingerprint density at radius 3 is 2.88 bits per heavy atom. The second-order valence-corrected chi connectivity index (χ2v) is 9.87. The molecule has 0 fully saturated rings. The van der Waals surface area contributed by atoms with Crippen LogP contribution in [0.2, 0.25) is 0 Å². The van der Waals surface area contributed by atoms with Crippen LogP contribution in [0.3, 0.4) is 0 Å². The predicted octanol–water partition coefficient (Wildman–Crippen LogP) is 3.72. The molecule has 0 aromatic carbocycles. The first-order valence-electron chi connectivity index (χ1n) is 10.6. The van der Waals surface area contributed by atoms with Gasteiger partial charge in [0, 0.05) is 11.1 Å². The van der Waals surface area contributed by atoms with Crippen LogP contribution in [0.15, 0.2) is 34.3 Å². The van der Waals surface area contributed by atoms with Crippen molar-refractivity contribution in [2.45, 2.75) is 56.4 Å². The number of thiophene rings is 1. The van der Waals surface area contributed by atoms with Gasteiger partial charge in [-0.2, -0.15) is 4.98 Å². The zero-order valence-corrected chi connectivity index (χ0v) is 19.6. The van der Waals surface area contributed by atoms with Gasteiger partial charge in [0.2, 0.25) is 5.91 Å². The average molecular weight is 473 g/mol. The summed E-state index contributed by atoms with van der Waals surface area (Å²) in [5.74, 6) is -0.679. The third-order valence-corrected chi connectivity index (χ3v) is 7.40. The van der Waals surface area contributed by atoms with E-state index in [1.807, 2.05) is 0 Å². The molecule has 0 aliphatic heterocycles. The first-order chi connectivity index (χ1) is 15.5. The van der Waals surface area contributed by atoms with Crippen LogP contribution < -0.4 is 11.0 Å². The fraction of sp³-hybridized carbons (Fsp3) is 0.409. The van der Waals surface area contributed by atoms with Crippen LogP contribution in [0.5, 0.6) is 0 Å². The molecule has 1 unspecified atom stereocenters. The van der Waals surface area contributed by atoms with Crippen molar-refractivity contribution in [1.29, 1.82) is 0 Å². The summed E-state index contributed by atoms with van der Waals surface area (Å²) in [4.78, 5) is 47.3. The van der Waals surface area contributed by atoms with E-state index < -0.39 is 16.9 Å². The van der Waals surface area contributed by atoms with Crippen LogP contribution in [-0.4, -0.2) is 38.1 Å². The van der Waals surface area contributed by atoms with Crippen LogP contribution >= 0.6 is 23.1 Å². The maximum Gasteiger partial charge on any atom is 0.355 e. The molecule has 168 valence electrons. The van der Waals surface area contributed by atoms with Gasteiger partial charge in [0.25, 0.3) is 0 Å². The Labute approximate surface area is 193 Å². The van der Waals surface area contributed by atoms with E-state index in [2.05, 4.69) is 15.3 Å². The van der Waals surface area contributed by atoms with Crippen LogP contribution in [0, 0.1) is 0 Å². The molecule has 1 aliphatic rings. The lowest BCUT2D eigenvalue weighted by molar-refractivity contribution is -0.115. The minimum absolute atomic E-state index is 0.233. The number of nitrogens with zero attached hydrogens (tertiary/aromatic N) is 3. The number of ether oxygens (including phenoxy) is 1. The fourth-order valence-corrected chi connectivity index (χ4v) is 5.71. The summed E-state index contributed by atoms with van der Waals surface area (Å²) in [7, 11) is 0. The van der Waals surface area contributed by atoms with E-state index in [9.17, 15) is 14.4 Å². The second-order valence-electron chi connectivity index (χ2n) is 7.46. The number of thioether (sulfide) groups is 1. The van der Waals surface area contributed by atoms with E-state index in [-0.39, 0.29) is 17.7 Å². The number of hydrogen-bond donors (Lipinski definition) is 1. The van der Waals surface area contributed by atoms with Gasteiger partial charge in [-0.3, -0.25) is 9.20 Å². The number of hydrogen-bond acceptors (Lipinski definition) is 8. The van der Waals surface area contributed by atoms with Crippen molar-refractivity contribution >= 4 is 45.6 Å². The molecule has 8 nitrogen and oxygen atoms in total. The summed E-state index contributed by atoms with van der Waals surface area (Å²) in [6, 6.07) is 5.22. The number of fused-ring (bicyclic) bond motifs is 2. The van der Waals surface area contributed by atoms with E-state index in [1.165, 1.54) is 15.7 Å². The zero-order chi connectivity index (χ0) is 22.7. The number of esters is 1.